The summed E-state index contributed by atoms with van der Waals surface area (Å²) in [4.78, 5) is 2.39. The van der Waals surface area contributed by atoms with E-state index in [0.29, 0.717) is 0 Å². The van der Waals surface area contributed by atoms with Crippen LogP contribution >= 0.6 is 0 Å². The summed E-state index contributed by atoms with van der Waals surface area (Å²) >= 11 is 0. The van der Waals surface area contributed by atoms with Crippen LogP contribution in [0.5, 0.6) is 11.5 Å². The Kier molecular flexibility index (Phi) is 9.47. The van der Waals surface area contributed by atoms with Gasteiger partial charge in [0.05, 0.1) is 5.41 Å². The quantitative estimate of drug-likeness (QED) is 0.158. The zero-order chi connectivity index (χ0) is 46.9. The molecular formula is C69H45NO. The van der Waals surface area contributed by atoms with E-state index in [-0.39, 0.29) is 0 Å². The Hall–Kier alpha value is -9.24. The fourth-order valence-electron chi connectivity index (χ4n) is 11.7. The highest BCUT2D eigenvalue weighted by Crippen LogP contribution is 2.65. The zero-order valence-corrected chi connectivity index (χ0v) is 38.8. The van der Waals surface area contributed by atoms with Crippen molar-refractivity contribution >= 4 is 38.6 Å². The second kappa shape index (κ2) is 16.5. The van der Waals surface area contributed by atoms with E-state index in [1.165, 1.54) is 61.2 Å². The third kappa shape index (κ3) is 6.49. The summed E-state index contributed by atoms with van der Waals surface area (Å²) in [7, 11) is 0. The molecular weight excluding hydrogens is 859 g/mol. The topological polar surface area (TPSA) is 12.5 Å². The summed E-state index contributed by atoms with van der Waals surface area (Å²) in [6.45, 7) is 0. The minimum absolute atomic E-state index is 0.632. The van der Waals surface area contributed by atoms with Gasteiger partial charge in [-0.2, -0.15) is 0 Å². The lowest BCUT2D eigenvalue weighted by molar-refractivity contribution is 0.447. The van der Waals surface area contributed by atoms with Crippen molar-refractivity contribution in [2.24, 2.45) is 0 Å². The van der Waals surface area contributed by atoms with Crippen molar-refractivity contribution in [3.63, 3.8) is 0 Å². The number of rotatable bonds is 7. The van der Waals surface area contributed by atoms with Crippen LogP contribution in [0.25, 0.3) is 77.2 Å². The second-order valence-electron chi connectivity index (χ2n) is 18.7. The maximum Gasteiger partial charge on any atom is 0.140 e. The molecule has 0 radical (unpaired) electrons. The molecule has 2 aliphatic rings. The molecule has 0 N–H and O–H groups in total. The Labute approximate surface area is 414 Å². The molecule has 0 fully saturated rings. The van der Waals surface area contributed by atoms with Crippen LogP contribution in [-0.4, -0.2) is 0 Å². The molecule has 12 aromatic carbocycles. The van der Waals surface area contributed by atoms with E-state index in [1.54, 1.807) is 0 Å². The first kappa shape index (κ1) is 40.8. The van der Waals surface area contributed by atoms with Crippen LogP contribution in [0.2, 0.25) is 0 Å². The molecule has 2 heteroatoms. The monoisotopic (exact) mass is 903 g/mol. The van der Waals surface area contributed by atoms with Crippen molar-refractivity contribution in [1.29, 1.82) is 0 Å². The summed E-state index contributed by atoms with van der Waals surface area (Å²) in [5.74, 6) is 1.84. The smallest absolute Gasteiger partial charge is 0.140 e. The van der Waals surface area contributed by atoms with Gasteiger partial charge in [0, 0.05) is 39.0 Å². The first-order chi connectivity index (χ1) is 35.2. The van der Waals surface area contributed by atoms with E-state index in [1.807, 2.05) is 0 Å². The van der Waals surface area contributed by atoms with Gasteiger partial charge in [0.15, 0.2) is 0 Å². The molecule has 0 bridgehead atoms. The van der Waals surface area contributed by atoms with Crippen molar-refractivity contribution in [2.45, 2.75) is 5.41 Å². The minimum atomic E-state index is -0.632. The minimum Gasteiger partial charge on any atom is -0.455 e. The SMILES string of the molecule is c1ccc(-c2ccc(-c3ccc(N(c4ccc(-c5ccccc5)cc4)c4cccc(-c5cccc6c5-c5ccccc5C65c6ccc7ccccc7c6Oc6c5ccc5ccccc65)c4)cc3)cc2)cc1. The number of fused-ring (bicyclic) bond motifs is 13. The average molecular weight is 904 g/mol. The first-order valence-corrected chi connectivity index (χ1v) is 24.5. The Bertz CT molecular complexity index is 3900. The van der Waals surface area contributed by atoms with Crippen LogP contribution < -0.4 is 9.64 Å². The van der Waals surface area contributed by atoms with Gasteiger partial charge in [0.1, 0.15) is 11.5 Å². The molecule has 1 spiro atoms. The van der Waals surface area contributed by atoms with Crippen molar-refractivity contribution in [3.8, 4) is 67.1 Å². The third-order valence-corrected chi connectivity index (χ3v) is 14.9. The summed E-state index contributed by atoms with van der Waals surface area (Å²) in [5, 5.41) is 4.55. The molecule has 1 aliphatic heterocycles. The summed E-state index contributed by atoms with van der Waals surface area (Å²) in [6.07, 6.45) is 0. The zero-order valence-electron chi connectivity index (χ0n) is 38.8. The summed E-state index contributed by atoms with van der Waals surface area (Å²) in [5.41, 5.74) is 19.5. The van der Waals surface area contributed by atoms with Crippen LogP contribution in [0, 0.1) is 0 Å². The normalized spacial score (nSPS) is 12.7. The predicted octanol–water partition coefficient (Wildman–Crippen LogP) is 18.6. The maximum absolute atomic E-state index is 7.24. The maximum atomic E-state index is 7.24. The van der Waals surface area contributed by atoms with Gasteiger partial charge >= 0.3 is 0 Å². The lowest BCUT2D eigenvalue weighted by Crippen LogP contribution is -2.32. The number of nitrogens with zero attached hydrogens (tertiary/aromatic N) is 1. The molecule has 0 atom stereocenters. The number of ether oxygens (including phenoxy) is 1. The first-order valence-electron chi connectivity index (χ1n) is 24.5. The molecule has 0 unspecified atom stereocenters. The molecule has 0 saturated heterocycles. The largest absolute Gasteiger partial charge is 0.455 e. The summed E-state index contributed by atoms with van der Waals surface area (Å²) < 4.78 is 7.24. The van der Waals surface area contributed by atoms with Gasteiger partial charge in [-0.15, -0.1) is 0 Å². The van der Waals surface area contributed by atoms with Crippen LogP contribution in [-0.2, 0) is 5.41 Å². The number of benzene rings is 12. The standard InChI is InChI=1S/C69H45NO/c1-3-15-46(16-4-1)48-29-31-49(32-30-48)51-35-41-56(42-36-51)70(55-39-33-50(34-40-55)47-17-5-2-6-18-47)57-22-13-21-54(45-57)58-26-14-28-63-66(58)61-25-11-12-27-62(61)69(63)64-43-37-52-19-7-9-23-59(52)67(64)71-68-60-24-10-8-20-53(60)38-44-65(68)69/h1-45H. The lowest BCUT2D eigenvalue weighted by atomic mass is 9.65. The molecule has 71 heavy (non-hydrogen) atoms. The number of hydrogen-bond donors (Lipinski definition) is 0. The van der Waals surface area contributed by atoms with E-state index in [2.05, 4.69) is 278 Å². The van der Waals surface area contributed by atoms with Gasteiger partial charge in [0.25, 0.3) is 0 Å². The van der Waals surface area contributed by atoms with Crippen molar-refractivity contribution in [2.75, 3.05) is 4.90 Å². The Morgan fingerprint density at radius 3 is 1.25 bits per heavy atom. The second-order valence-corrected chi connectivity index (χ2v) is 18.7. The Balaban J connectivity index is 0.930. The highest BCUT2D eigenvalue weighted by molar-refractivity contribution is 6.02. The molecule has 0 aromatic heterocycles. The predicted molar refractivity (Wildman–Crippen MR) is 295 cm³/mol. The Morgan fingerprint density at radius 2 is 0.690 bits per heavy atom. The van der Waals surface area contributed by atoms with Gasteiger partial charge in [-0.3, -0.25) is 0 Å². The summed E-state index contributed by atoms with van der Waals surface area (Å²) in [6, 6.07) is 99.6. The van der Waals surface area contributed by atoms with Gasteiger partial charge in [-0.05, 0) is 114 Å². The Morgan fingerprint density at radius 1 is 0.268 bits per heavy atom. The van der Waals surface area contributed by atoms with Gasteiger partial charge in [-0.25, -0.2) is 0 Å². The molecule has 332 valence electrons. The average Bonchev–Trinajstić information content (AvgIpc) is 3.74. The van der Waals surface area contributed by atoms with E-state index in [4.69, 9.17) is 4.74 Å². The molecule has 14 rings (SSSR count). The third-order valence-electron chi connectivity index (χ3n) is 14.9. The van der Waals surface area contributed by atoms with Crippen molar-refractivity contribution < 1.29 is 4.74 Å². The van der Waals surface area contributed by atoms with Crippen LogP contribution in [0.4, 0.5) is 17.1 Å². The lowest BCUT2D eigenvalue weighted by Gasteiger charge is -2.40. The van der Waals surface area contributed by atoms with E-state index >= 15 is 0 Å². The van der Waals surface area contributed by atoms with Gasteiger partial charge in [0.2, 0.25) is 0 Å². The fraction of sp³-hybridized carbons (Fsp3) is 0.0145. The number of anilines is 3. The molecule has 12 aromatic rings. The van der Waals surface area contributed by atoms with Crippen LogP contribution in [0.3, 0.4) is 0 Å². The van der Waals surface area contributed by atoms with E-state index in [9.17, 15) is 0 Å². The molecule has 0 saturated carbocycles. The van der Waals surface area contributed by atoms with Crippen LogP contribution in [0.1, 0.15) is 22.3 Å². The van der Waals surface area contributed by atoms with Gasteiger partial charge in [-0.1, -0.05) is 237 Å². The van der Waals surface area contributed by atoms with Crippen molar-refractivity contribution in [1.82, 2.24) is 0 Å². The molecule has 2 nitrogen and oxygen atoms in total. The molecule has 0 amide bonds. The number of hydrogen-bond acceptors (Lipinski definition) is 2. The molecule has 1 heterocycles. The van der Waals surface area contributed by atoms with E-state index < -0.39 is 5.41 Å². The van der Waals surface area contributed by atoms with Crippen molar-refractivity contribution in [3.05, 3.63) is 295 Å². The fourth-order valence-corrected chi connectivity index (χ4v) is 11.7. The highest BCUT2D eigenvalue weighted by Gasteiger charge is 2.52. The molecule has 1 aliphatic carbocycles. The highest BCUT2D eigenvalue weighted by atomic mass is 16.5. The van der Waals surface area contributed by atoms with E-state index in [0.717, 1.165) is 66.8 Å². The van der Waals surface area contributed by atoms with Gasteiger partial charge < -0.3 is 9.64 Å². The van der Waals surface area contributed by atoms with Crippen LogP contribution in [0.15, 0.2) is 273 Å².